The molecule has 1 heterocycles. The van der Waals surface area contributed by atoms with E-state index in [4.69, 9.17) is 5.73 Å². The van der Waals surface area contributed by atoms with Gasteiger partial charge in [0.1, 0.15) is 0 Å². The van der Waals surface area contributed by atoms with Crippen LogP contribution in [0.4, 0.5) is 10.8 Å². The van der Waals surface area contributed by atoms with E-state index < -0.39 is 10.0 Å². The lowest BCUT2D eigenvalue weighted by Gasteiger charge is -2.05. The molecule has 0 aliphatic heterocycles. The van der Waals surface area contributed by atoms with Crippen LogP contribution < -0.4 is 10.5 Å². The van der Waals surface area contributed by atoms with Crippen LogP contribution in [0.5, 0.6) is 0 Å². The molecule has 3 rings (SSSR count). The zero-order valence-corrected chi connectivity index (χ0v) is 14.0. The Morgan fingerprint density at radius 1 is 1.04 bits per heavy atom. The van der Waals surface area contributed by atoms with E-state index in [1.54, 1.807) is 12.1 Å². The summed E-state index contributed by atoms with van der Waals surface area (Å²) in [6.45, 7) is 1.92. The van der Waals surface area contributed by atoms with Crippen molar-refractivity contribution in [2.24, 2.45) is 0 Å². The minimum atomic E-state index is -3.67. The standard InChI is InChI=1S/C16H15N3O2S2/c1-11-15(12-5-3-2-4-6-12)18-16(22-11)19-23(20,21)14-9-7-13(17)8-10-14/h2-10H,17H2,1H3,(H,18,19). The lowest BCUT2D eigenvalue weighted by Crippen LogP contribution is -2.12. The van der Waals surface area contributed by atoms with Crippen LogP contribution in [0.3, 0.4) is 0 Å². The normalized spacial score (nSPS) is 11.3. The number of nitrogen functional groups attached to an aromatic ring is 1. The Labute approximate surface area is 138 Å². The topological polar surface area (TPSA) is 85.1 Å². The first kappa shape index (κ1) is 15.5. The Kier molecular flexibility index (Phi) is 4.06. The fourth-order valence-corrected chi connectivity index (χ4v) is 4.20. The van der Waals surface area contributed by atoms with Gasteiger partial charge in [0.25, 0.3) is 10.0 Å². The molecule has 2 aromatic carbocycles. The highest BCUT2D eigenvalue weighted by atomic mass is 32.2. The molecule has 0 radical (unpaired) electrons. The molecule has 3 aromatic rings. The predicted octanol–water partition coefficient (Wildman–Crippen LogP) is 3.50. The molecule has 3 N–H and O–H groups in total. The molecule has 0 amide bonds. The average Bonchev–Trinajstić information content (AvgIpc) is 2.88. The van der Waals surface area contributed by atoms with Gasteiger partial charge in [-0.1, -0.05) is 30.3 Å². The molecule has 0 aliphatic carbocycles. The summed E-state index contributed by atoms with van der Waals surface area (Å²) in [6.07, 6.45) is 0. The maximum Gasteiger partial charge on any atom is 0.263 e. The number of sulfonamides is 1. The predicted molar refractivity (Wildman–Crippen MR) is 93.9 cm³/mol. The molecular formula is C16H15N3O2S2. The molecule has 0 unspecified atom stereocenters. The lowest BCUT2D eigenvalue weighted by atomic mass is 10.1. The minimum Gasteiger partial charge on any atom is -0.399 e. The van der Waals surface area contributed by atoms with E-state index in [-0.39, 0.29) is 4.90 Å². The molecule has 0 saturated carbocycles. The van der Waals surface area contributed by atoms with Crippen LogP contribution in [0.2, 0.25) is 0 Å². The molecule has 0 spiro atoms. The number of nitrogens with two attached hydrogens (primary N) is 1. The Bertz CT molecular complexity index is 918. The maximum absolute atomic E-state index is 12.4. The highest BCUT2D eigenvalue weighted by molar-refractivity contribution is 7.93. The minimum absolute atomic E-state index is 0.154. The van der Waals surface area contributed by atoms with Crippen LogP contribution in [0, 0.1) is 6.92 Å². The zero-order valence-electron chi connectivity index (χ0n) is 12.4. The number of anilines is 2. The molecule has 118 valence electrons. The van der Waals surface area contributed by atoms with E-state index in [2.05, 4.69) is 9.71 Å². The van der Waals surface area contributed by atoms with E-state index in [0.29, 0.717) is 10.8 Å². The summed E-state index contributed by atoms with van der Waals surface area (Å²) in [7, 11) is -3.67. The third kappa shape index (κ3) is 3.35. The number of nitrogens with zero attached hydrogens (tertiary/aromatic N) is 1. The van der Waals surface area contributed by atoms with Crippen LogP contribution in [0.15, 0.2) is 59.5 Å². The monoisotopic (exact) mass is 345 g/mol. The first-order valence-electron chi connectivity index (χ1n) is 6.87. The van der Waals surface area contributed by atoms with Crippen molar-refractivity contribution in [2.45, 2.75) is 11.8 Å². The smallest absolute Gasteiger partial charge is 0.263 e. The second-order valence-corrected chi connectivity index (χ2v) is 7.85. The summed E-state index contributed by atoms with van der Waals surface area (Å²) in [5.41, 5.74) is 7.84. The van der Waals surface area contributed by atoms with Crippen LogP contribution in [0.1, 0.15) is 4.88 Å². The number of aryl methyl sites for hydroxylation is 1. The fraction of sp³-hybridized carbons (Fsp3) is 0.0625. The zero-order chi connectivity index (χ0) is 16.4. The van der Waals surface area contributed by atoms with Gasteiger partial charge in [-0.05, 0) is 31.2 Å². The third-order valence-electron chi connectivity index (χ3n) is 3.26. The summed E-state index contributed by atoms with van der Waals surface area (Å²) in [4.78, 5) is 5.52. The van der Waals surface area contributed by atoms with Crippen molar-refractivity contribution < 1.29 is 8.42 Å². The van der Waals surface area contributed by atoms with Gasteiger partial charge in [-0.15, -0.1) is 11.3 Å². The number of nitrogens with one attached hydrogen (secondary N) is 1. The van der Waals surface area contributed by atoms with Crippen molar-refractivity contribution in [1.82, 2.24) is 4.98 Å². The lowest BCUT2D eigenvalue weighted by molar-refractivity contribution is 0.601. The number of rotatable bonds is 4. The molecule has 0 atom stereocenters. The van der Waals surface area contributed by atoms with Gasteiger partial charge in [0.05, 0.1) is 10.6 Å². The number of benzene rings is 2. The van der Waals surface area contributed by atoms with E-state index in [1.807, 2.05) is 37.3 Å². The molecule has 0 aliphatic rings. The van der Waals surface area contributed by atoms with Gasteiger partial charge in [0.15, 0.2) is 5.13 Å². The third-order valence-corrected chi connectivity index (χ3v) is 5.63. The van der Waals surface area contributed by atoms with E-state index in [0.717, 1.165) is 16.1 Å². The molecule has 0 bridgehead atoms. The molecule has 0 fully saturated rings. The summed E-state index contributed by atoms with van der Waals surface area (Å²) in [5.74, 6) is 0. The molecular weight excluding hydrogens is 330 g/mol. The molecule has 1 aromatic heterocycles. The largest absolute Gasteiger partial charge is 0.399 e. The van der Waals surface area contributed by atoms with Crippen molar-refractivity contribution in [2.75, 3.05) is 10.5 Å². The molecule has 7 heteroatoms. The van der Waals surface area contributed by atoms with E-state index >= 15 is 0 Å². The van der Waals surface area contributed by atoms with Crippen LogP contribution in [-0.2, 0) is 10.0 Å². The molecule has 5 nitrogen and oxygen atoms in total. The van der Waals surface area contributed by atoms with E-state index in [1.165, 1.54) is 23.5 Å². The summed E-state index contributed by atoms with van der Waals surface area (Å²) in [5, 5.41) is 0.346. The van der Waals surface area contributed by atoms with Gasteiger partial charge in [-0.3, -0.25) is 4.72 Å². The van der Waals surface area contributed by atoms with Crippen molar-refractivity contribution in [3.05, 3.63) is 59.5 Å². The number of aromatic nitrogens is 1. The van der Waals surface area contributed by atoms with E-state index in [9.17, 15) is 8.42 Å². The average molecular weight is 345 g/mol. The second kappa shape index (κ2) is 6.02. The molecule has 23 heavy (non-hydrogen) atoms. The summed E-state index contributed by atoms with van der Waals surface area (Å²) in [6, 6.07) is 15.7. The maximum atomic E-state index is 12.4. The molecule has 0 saturated heterocycles. The van der Waals surface area contributed by atoms with Gasteiger partial charge in [0.2, 0.25) is 0 Å². The van der Waals surface area contributed by atoms with Gasteiger partial charge in [0, 0.05) is 16.1 Å². The number of hydrogen-bond acceptors (Lipinski definition) is 5. The Morgan fingerprint density at radius 3 is 2.35 bits per heavy atom. The van der Waals surface area contributed by atoms with Gasteiger partial charge in [-0.25, -0.2) is 13.4 Å². The van der Waals surface area contributed by atoms with Crippen molar-refractivity contribution in [1.29, 1.82) is 0 Å². The van der Waals surface area contributed by atoms with Crippen LogP contribution in [-0.4, -0.2) is 13.4 Å². The Balaban J connectivity index is 1.90. The van der Waals surface area contributed by atoms with Gasteiger partial charge < -0.3 is 5.73 Å². The van der Waals surface area contributed by atoms with Gasteiger partial charge >= 0.3 is 0 Å². The SMILES string of the molecule is Cc1sc(NS(=O)(=O)c2ccc(N)cc2)nc1-c1ccccc1. The summed E-state index contributed by atoms with van der Waals surface area (Å²) < 4.78 is 27.3. The van der Waals surface area contributed by atoms with Crippen LogP contribution in [0.25, 0.3) is 11.3 Å². The highest BCUT2D eigenvalue weighted by Gasteiger charge is 2.17. The second-order valence-electron chi connectivity index (χ2n) is 4.96. The number of hydrogen-bond donors (Lipinski definition) is 2. The Hall–Kier alpha value is -2.38. The van der Waals surface area contributed by atoms with Crippen molar-refractivity contribution in [3.63, 3.8) is 0 Å². The first-order chi connectivity index (χ1) is 11.0. The Morgan fingerprint density at radius 2 is 1.70 bits per heavy atom. The van der Waals surface area contributed by atoms with Crippen molar-refractivity contribution >= 4 is 32.2 Å². The first-order valence-corrected chi connectivity index (χ1v) is 9.17. The highest BCUT2D eigenvalue weighted by Crippen LogP contribution is 2.31. The number of thiazole rings is 1. The fourth-order valence-electron chi connectivity index (χ4n) is 2.12. The van der Waals surface area contributed by atoms with Crippen molar-refractivity contribution in [3.8, 4) is 11.3 Å². The van der Waals surface area contributed by atoms with Crippen LogP contribution >= 0.6 is 11.3 Å². The van der Waals surface area contributed by atoms with Gasteiger partial charge in [-0.2, -0.15) is 0 Å². The quantitative estimate of drug-likeness (QED) is 0.709. The summed E-state index contributed by atoms with van der Waals surface area (Å²) >= 11 is 1.31.